The van der Waals surface area contributed by atoms with E-state index in [2.05, 4.69) is 6.07 Å². The SMILES string of the molecule is COc1ccc(C(O)c2cc3c(s2)CCCCC3)cc1F. The third kappa shape index (κ3) is 2.97. The van der Waals surface area contributed by atoms with Crippen LogP contribution in [0.4, 0.5) is 4.39 Å². The maximum Gasteiger partial charge on any atom is 0.165 e. The van der Waals surface area contributed by atoms with Gasteiger partial charge in [-0.1, -0.05) is 12.5 Å². The largest absolute Gasteiger partial charge is 0.494 e. The molecule has 112 valence electrons. The second-order valence-corrected chi connectivity index (χ2v) is 6.62. The number of rotatable bonds is 3. The highest BCUT2D eigenvalue weighted by Crippen LogP contribution is 2.35. The average Bonchev–Trinajstić information content (AvgIpc) is 2.77. The Kier molecular flexibility index (Phi) is 4.27. The average molecular weight is 306 g/mol. The van der Waals surface area contributed by atoms with Crippen LogP contribution in [-0.2, 0) is 12.8 Å². The molecule has 1 atom stereocenters. The van der Waals surface area contributed by atoms with E-state index in [4.69, 9.17) is 4.74 Å². The second-order valence-electron chi connectivity index (χ2n) is 5.45. The number of aryl methyl sites for hydroxylation is 2. The lowest BCUT2D eigenvalue weighted by atomic mass is 10.1. The van der Waals surface area contributed by atoms with Gasteiger partial charge in [0.15, 0.2) is 11.6 Å². The summed E-state index contributed by atoms with van der Waals surface area (Å²) in [6, 6.07) is 6.73. The molecule has 0 amide bonds. The van der Waals surface area contributed by atoms with Crippen LogP contribution in [0.25, 0.3) is 0 Å². The predicted octanol–water partition coefficient (Wildman–Crippen LogP) is 4.25. The summed E-state index contributed by atoms with van der Waals surface area (Å²) >= 11 is 1.66. The fourth-order valence-electron chi connectivity index (χ4n) is 2.84. The van der Waals surface area contributed by atoms with Crippen molar-refractivity contribution in [3.63, 3.8) is 0 Å². The highest BCUT2D eigenvalue weighted by atomic mass is 32.1. The number of benzene rings is 1. The third-order valence-corrected chi connectivity index (χ3v) is 5.32. The molecular weight excluding hydrogens is 287 g/mol. The van der Waals surface area contributed by atoms with Gasteiger partial charge in [-0.3, -0.25) is 0 Å². The Bertz CT molecular complexity index is 612. The summed E-state index contributed by atoms with van der Waals surface area (Å²) in [6.45, 7) is 0. The molecule has 3 rings (SSSR count). The Morgan fingerprint density at radius 1 is 1.19 bits per heavy atom. The summed E-state index contributed by atoms with van der Waals surface area (Å²) < 4.78 is 18.7. The monoisotopic (exact) mass is 306 g/mol. The van der Waals surface area contributed by atoms with E-state index in [9.17, 15) is 9.50 Å². The number of thiophene rings is 1. The molecule has 0 spiro atoms. The second kappa shape index (κ2) is 6.16. The van der Waals surface area contributed by atoms with Crippen LogP contribution in [0.3, 0.4) is 0 Å². The third-order valence-electron chi connectivity index (χ3n) is 4.03. The van der Waals surface area contributed by atoms with Crippen molar-refractivity contribution in [3.05, 3.63) is 51.0 Å². The maximum absolute atomic E-state index is 13.8. The van der Waals surface area contributed by atoms with Gasteiger partial charge in [-0.2, -0.15) is 0 Å². The van der Waals surface area contributed by atoms with Gasteiger partial charge in [0.2, 0.25) is 0 Å². The topological polar surface area (TPSA) is 29.5 Å². The summed E-state index contributed by atoms with van der Waals surface area (Å²) in [5.74, 6) is -0.236. The van der Waals surface area contributed by atoms with Gasteiger partial charge in [-0.15, -0.1) is 11.3 Å². The number of halogens is 1. The zero-order valence-corrected chi connectivity index (χ0v) is 12.9. The molecule has 0 bridgehead atoms. The summed E-state index contributed by atoms with van der Waals surface area (Å²) in [5, 5.41) is 10.5. The quantitative estimate of drug-likeness (QED) is 0.859. The predicted molar refractivity (Wildman–Crippen MR) is 82.6 cm³/mol. The first-order chi connectivity index (χ1) is 10.2. The van der Waals surface area contributed by atoms with E-state index in [1.807, 2.05) is 0 Å². The zero-order chi connectivity index (χ0) is 14.8. The van der Waals surface area contributed by atoms with Crippen LogP contribution in [0.1, 0.15) is 46.2 Å². The highest BCUT2D eigenvalue weighted by Gasteiger charge is 2.19. The van der Waals surface area contributed by atoms with Crippen molar-refractivity contribution in [2.75, 3.05) is 7.11 Å². The molecule has 4 heteroatoms. The molecule has 1 aromatic carbocycles. The molecule has 0 aliphatic heterocycles. The van der Waals surface area contributed by atoms with E-state index in [-0.39, 0.29) is 5.75 Å². The van der Waals surface area contributed by atoms with Crippen LogP contribution < -0.4 is 4.74 Å². The number of ether oxygens (including phenoxy) is 1. The molecule has 1 aliphatic carbocycles. The number of methoxy groups -OCH3 is 1. The lowest BCUT2D eigenvalue weighted by Crippen LogP contribution is -1.99. The van der Waals surface area contributed by atoms with E-state index < -0.39 is 11.9 Å². The van der Waals surface area contributed by atoms with Crippen LogP contribution in [0, 0.1) is 5.82 Å². The Hall–Kier alpha value is -1.39. The molecule has 1 unspecified atom stereocenters. The van der Waals surface area contributed by atoms with Gasteiger partial charge in [0.1, 0.15) is 6.10 Å². The Morgan fingerprint density at radius 3 is 2.76 bits per heavy atom. The van der Waals surface area contributed by atoms with E-state index in [0.717, 1.165) is 17.7 Å². The van der Waals surface area contributed by atoms with Crippen LogP contribution in [0.5, 0.6) is 5.75 Å². The molecule has 0 saturated carbocycles. The number of hydrogen-bond acceptors (Lipinski definition) is 3. The van der Waals surface area contributed by atoms with Crippen LogP contribution in [-0.4, -0.2) is 12.2 Å². The molecule has 21 heavy (non-hydrogen) atoms. The van der Waals surface area contributed by atoms with Crippen molar-refractivity contribution >= 4 is 11.3 Å². The highest BCUT2D eigenvalue weighted by molar-refractivity contribution is 7.12. The van der Waals surface area contributed by atoms with Gasteiger partial charge in [0.05, 0.1) is 7.11 Å². The molecule has 1 aromatic heterocycles. The van der Waals surface area contributed by atoms with Crippen molar-refractivity contribution in [3.8, 4) is 5.75 Å². The van der Waals surface area contributed by atoms with Crippen molar-refractivity contribution < 1.29 is 14.2 Å². The standard InChI is InChI=1S/C17H19FO2S/c1-20-14-8-7-12(9-13(14)18)17(19)16-10-11-5-3-2-4-6-15(11)21-16/h7-10,17,19H,2-6H2,1H3. The van der Waals surface area contributed by atoms with E-state index in [0.29, 0.717) is 5.56 Å². The van der Waals surface area contributed by atoms with Crippen molar-refractivity contribution in [2.45, 2.75) is 38.2 Å². The Labute approximate surface area is 128 Å². The molecule has 0 fully saturated rings. The van der Waals surface area contributed by atoms with Crippen molar-refractivity contribution in [1.29, 1.82) is 0 Å². The fraction of sp³-hybridized carbons (Fsp3) is 0.412. The molecule has 1 aliphatic rings. The maximum atomic E-state index is 13.8. The summed E-state index contributed by atoms with van der Waals surface area (Å²) in [7, 11) is 1.44. The van der Waals surface area contributed by atoms with Gasteiger partial charge in [-0.05, 0) is 55.0 Å². The first kappa shape index (κ1) is 14.5. The smallest absolute Gasteiger partial charge is 0.165 e. The summed E-state index contributed by atoms with van der Waals surface area (Å²) in [4.78, 5) is 2.29. The minimum atomic E-state index is -0.762. The van der Waals surface area contributed by atoms with Gasteiger partial charge in [0.25, 0.3) is 0 Å². The molecule has 2 aromatic rings. The molecule has 1 N–H and O–H groups in total. The van der Waals surface area contributed by atoms with E-state index in [1.54, 1.807) is 23.5 Å². The van der Waals surface area contributed by atoms with E-state index >= 15 is 0 Å². The Morgan fingerprint density at radius 2 is 2.00 bits per heavy atom. The van der Waals surface area contributed by atoms with Crippen LogP contribution in [0.15, 0.2) is 24.3 Å². The zero-order valence-electron chi connectivity index (χ0n) is 12.1. The van der Waals surface area contributed by atoms with E-state index in [1.165, 1.54) is 42.9 Å². The number of hydrogen-bond donors (Lipinski definition) is 1. The Balaban J connectivity index is 1.88. The summed E-state index contributed by atoms with van der Waals surface area (Å²) in [5.41, 5.74) is 1.94. The number of fused-ring (bicyclic) bond motifs is 1. The molecule has 1 heterocycles. The van der Waals surface area contributed by atoms with Crippen LogP contribution >= 0.6 is 11.3 Å². The molecule has 0 radical (unpaired) electrons. The van der Waals surface area contributed by atoms with Gasteiger partial charge in [0, 0.05) is 9.75 Å². The minimum absolute atomic E-state index is 0.202. The minimum Gasteiger partial charge on any atom is -0.494 e. The summed E-state index contributed by atoms with van der Waals surface area (Å²) in [6.07, 6.45) is 5.15. The lowest BCUT2D eigenvalue weighted by Gasteiger charge is -2.10. The van der Waals surface area contributed by atoms with Gasteiger partial charge in [-0.25, -0.2) is 4.39 Å². The number of aliphatic hydroxyl groups is 1. The van der Waals surface area contributed by atoms with Crippen molar-refractivity contribution in [2.24, 2.45) is 0 Å². The number of aliphatic hydroxyl groups excluding tert-OH is 1. The van der Waals surface area contributed by atoms with Crippen LogP contribution in [0.2, 0.25) is 0 Å². The van der Waals surface area contributed by atoms with Gasteiger partial charge >= 0.3 is 0 Å². The lowest BCUT2D eigenvalue weighted by molar-refractivity contribution is 0.223. The molecule has 2 nitrogen and oxygen atoms in total. The molecular formula is C17H19FO2S. The van der Waals surface area contributed by atoms with Gasteiger partial charge < -0.3 is 9.84 Å². The first-order valence-corrected chi connectivity index (χ1v) is 8.13. The first-order valence-electron chi connectivity index (χ1n) is 7.32. The van der Waals surface area contributed by atoms with Crippen molar-refractivity contribution in [1.82, 2.24) is 0 Å². The fourth-order valence-corrected chi connectivity index (χ4v) is 4.11. The molecule has 0 saturated heterocycles. The normalized spacial score (nSPS) is 16.1.